The molecule has 2 amide bonds. The van der Waals surface area contributed by atoms with Crippen molar-refractivity contribution in [2.75, 3.05) is 10.6 Å². The summed E-state index contributed by atoms with van der Waals surface area (Å²) >= 11 is 0. The highest BCUT2D eigenvalue weighted by atomic mass is 16.5. The van der Waals surface area contributed by atoms with Crippen LogP contribution >= 0.6 is 0 Å². The Hall–Kier alpha value is -3.54. The summed E-state index contributed by atoms with van der Waals surface area (Å²) in [6, 6.07) is 17.2. The molecule has 1 aromatic heterocycles. The third-order valence-corrected chi connectivity index (χ3v) is 3.62. The monoisotopic (exact) mass is 364 g/mol. The van der Waals surface area contributed by atoms with Gasteiger partial charge in [0.25, 0.3) is 11.8 Å². The summed E-state index contributed by atoms with van der Waals surface area (Å²) in [6.45, 7) is 3.81. The molecular weight excluding hydrogens is 344 g/mol. The zero-order chi connectivity index (χ0) is 19.2. The van der Waals surface area contributed by atoms with Gasteiger partial charge in [0.15, 0.2) is 5.76 Å². The van der Waals surface area contributed by atoms with Crippen LogP contribution in [0.25, 0.3) is 0 Å². The lowest BCUT2D eigenvalue weighted by Crippen LogP contribution is -2.16. The van der Waals surface area contributed by atoms with Crippen molar-refractivity contribution in [3.8, 4) is 5.75 Å². The van der Waals surface area contributed by atoms with Crippen LogP contribution in [0.5, 0.6) is 5.75 Å². The van der Waals surface area contributed by atoms with Gasteiger partial charge < -0.3 is 19.8 Å². The van der Waals surface area contributed by atoms with Crippen LogP contribution in [0.4, 0.5) is 11.4 Å². The lowest BCUT2D eigenvalue weighted by Gasteiger charge is -2.14. The minimum Gasteiger partial charge on any atom is -0.490 e. The Morgan fingerprint density at radius 1 is 0.889 bits per heavy atom. The van der Waals surface area contributed by atoms with Crippen molar-refractivity contribution in [2.24, 2.45) is 0 Å². The van der Waals surface area contributed by atoms with E-state index in [0.29, 0.717) is 22.7 Å². The Morgan fingerprint density at radius 3 is 2.26 bits per heavy atom. The van der Waals surface area contributed by atoms with Gasteiger partial charge in [-0.2, -0.15) is 0 Å². The van der Waals surface area contributed by atoms with Gasteiger partial charge in [0, 0.05) is 11.4 Å². The van der Waals surface area contributed by atoms with Crippen LogP contribution in [-0.2, 0) is 0 Å². The van der Waals surface area contributed by atoms with Gasteiger partial charge in [-0.15, -0.1) is 0 Å². The van der Waals surface area contributed by atoms with E-state index in [2.05, 4.69) is 10.6 Å². The Morgan fingerprint density at radius 2 is 1.59 bits per heavy atom. The van der Waals surface area contributed by atoms with Gasteiger partial charge in [0.1, 0.15) is 5.75 Å². The average Bonchev–Trinajstić information content (AvgIpc) is 3.17. The van der Waals surface area contributed by atoms with Crippen LogP contribution in [0.15, 0.2) is 71.3 Å². The first-order valence-electron chi connectivity index (χ1n) is 8.55. The third-order valence-electron chi connectivity index (χ3n) is 3.62. The minimum atomic E-state index is -0.362. The number of carbonyl (C=O) groups excluding carboxylic acids is 2. The summed E-state index contributed by atoms with van der Waals surface area (Å²) in [5, 5.41) is 5.55. The first-order valence-corrected chi connectivity index (χ1v) is 8.55. The van der Waals surface area contributed by atoms with Crippen LogP contribution in [0.2, 0.25) is 0 Å². The van der Waals surface area contributed by atoms with Crippen molar-refractivity contribution in [1.82, 2.24) is 0 Å². The smallest absolute Gasteiger partial charge is 0.291 e. The Bertz CT molecular complexity index is 933. The number of ether oxygens (including phenoxy) is 1. The summed E-state index contributed by atoms with van der Waals surface area (Å²) < 4.78 is 10.8. The van der Waals surface area contributed by atoms with Gasteiger partial charge in [-0.05, 0) is 56.3 Å². The molecule has 0 aliphatic rings. The topological polar surface area (TPSA) is 80.6 Å². The molecule has 6 heteroatoms. The molecule has 0 atom stereocenters. The maximum atomic E-state index is 12.6. The van der Waals surface area contributed by atoms with Gasteiger partial charge in [0.2, 0.25) is 0 Å². The van der Waals surface area contributed by atoms with Crippen molar-refractivity contribution >= 4 is 23.2 Å². The second-order valence-corrected chi connectivity index (χ2v) is 6.13. The van der Waals surface area contributed by atoms with Gasteiger partial charge in [-0.25, -0.2) is 0 Å². The highest BCUT2D eigenvalue weighted by Gasteiger charge is 2.14. The van der Waals surface area contributed by atoms with Crippen molar-refractivity contribution in [1.29, 1.82) is 0 Å². The molecule has 0 spiro atoms. The molecule has 0 unspecified atom stereocenters. The lowest BCUT2D eigenvalue weighted by molar-refractivity contribution is 0.0994. The van der Waals surface area contributed by atoms with Crippen molar-refractivity contribution in [2.45, 2.75) is 20.0 Å². The van der Waals surface area contributed by atoms with E-state index in [1.54, 1.807) is 54.6 Å². The quantitative estimate of drug-likeness (QED) is 0.671. The summed E-state index contributed by atoms with van der Waals surface area (Å²) in [5.74, 6) is 0.0800. The fourth-order valence-corrected chi connectivity index (χ4v) is 2.48. The number of para-hydroxylation sites is 1. The van der Waals surface area contributed by atoms with Crippen LogP contribution in [0.1, 0.15) is 34.8 Å². The molecule has 1 heterocycles. The zero-order valence-corrected chi connectivity index (χ0v) is 15.1. The van der Waals surface area contributed by atoms with E-state index in [0.717, 1.165) is 0 Å². The number of hydrogen-bond acceptors (Lipinski definition) is 4. The summed E-state index contributed by atoms with van der Waals surface area (Å²) in [7, 11) is 0. The number of furan rings is 1. The standard InChI is InChI=1S/C21H20N2O4/c1-14(2)27-18-10-4-3-9-17(18)20(24)22-15-7-5-8-16(13-15)23-21(25)19-11-6-12-26-19/h3-14H,1-2H3,(H,22,24)(H,23,25). The molecule has 0 radical (unpaired) electrons. The maximum Gasteiger partial charge on any atom is 0.291 e. The maximum absolute atomic E-state index is 12.6. The molecule has 27 heavy (non-hydrogen) atoms. The largest absolute Gasteiger partial charge is 0.490 e. The van der Waals surface area contributed by atoms with E-state index in [1.807, 2.05) is 19.9 Å². The third kappa shape index (κ3) is 4.76. The van der Waals surface area contributed by atoms with Gasteiger partial charge in [-0.1, -0.05) is 18.2 Å². The Kier molecular flexibility index (Phi) is 5.56. The molecule has 138 valence electrons. The SMILES string of the molecule is CC(C)Oc1ccccc1C(=O)Nc1cccc(NC(=O)c2ccco2)c1. The molecule has 6 nitrogen and oxygen atoms in total. The molecule has 0 saturated heterocycles. The molecule has 2 aromatic carbocycles. The highest BCUT2D eigenvalue weighted by molar-refractivity contribution is 6.07. The summed E-state index contributed by atoms with van der Waals surface area (Å²) in [6.07, 6.45) is 1.39. The molecule has 3 aromatic rings. The van der Waals surface area contributed by atoms with E-state index in [-0.39, 0.29) is 23.7 Å². The second kappa shape index (κ2) is 8.23. The molecule has 0 aliphatic heterocycles. The average molecular weight is 364 g/mol. The van der Waals surface area contributed by atoms with Crippen LogP contribution in [0, 0.1) is 0 Å². The molecule has 0 bridgehead atoms. The number of amides is 2. The predicted octanol–water partition coefficient (Wildman–Crippen LogP) is 4.57. The predicted molar refractivity (Wildman–Crippen MR) is 103 cm³/mol. The lowest BCUT2D eigenvalue weighted by atomic mass is 10.1. The van der Waals surface area contributed by atoms with E-state index in [1.165, 1.54) is 6.26 Å². The molecule has 3 rings (SSSR count). The van der Waals surface area contributed by atoms with Crippen molar-refractivity contribution in [3.63, 3.8) is 0 Å². The number of carbonyl (C=O) groups is 2. The molecule has 0 aliphatic carbocycles. The first-order chi connectivity index (χ1) is 13.0. The van der Waals surface area contributed by atoms with Crippen LogP contribution in [0.3, 0.4) is 0 Å². The fraction of sp³-hybridized carbons (Fsp3) is 0.143. The van der Waals surface area contributed by atoms with E-state index < -0.39 is 0 Å². The van der Waals surface area contributed by atoms with E-state index in [9.17, 15) is 9.59 Å². The van der Waals surface area contributed by atoms with Gasteiger partial charge in [0.05, 0.1) is 17.9 Å². The van der Waals surface area contributed by atoms with Crippen LogP contribution < -0.4 is 15.4 Å². The zero-order valence-electron chi connectivity index (χ0n) is 15.1. The summed E-state index contributed by atoms with van der Waals surface area (Å²) in [4.78, 5) is 24.7. The number of rotatable bonds is 6. The van der Waals surface area contributed by atoms with E-state index >= 15 is 0 Å². The highest BCUT2D eigenvalue weighted by Crippen LogP contribution is 2.22. The molecular formula is C21H20N2O4. The molecule has 0 saturated carbocycles. The van der Waals surface area contributed by atoms with Crippen molar-refractivity contribution < 1.29 is 18.7 Å². The van der Waals surface area contributed by atoms with E-state index in [4.69, 9.17) is 9.15 Å². The number of hydrogen-bond donors (Lipinski definition) is 2. The van der Waals surface area contributed by atoms with Gasteiger partial charge in [-0.3, -0.25) is 9.59 Å². The van der Waals surface area contributed by atoms with Crippen LogP contribution in [-0.4, -0.2) is 17.9 Å². The summed E-state index contributed by atoms with van der Waals surface area (Å²) in [5.41, 5.74) is 1.54. The van der Waals surface area contributed by atoms with Crippen molar-refractivity contribution in [3.05, 3.63) is 78.3 Å². The Balaban J connectivity index is 1.73. The second-order valence-electron chi connectivity index (χ2n) is 6.13. The van der Waals surface area contributed by atoms with Gasteiger partial charge >= 0.3 is 0 Å². The minimum absolute atomic E-state index is 0.0425. The fourth-order valence-electron chi connectivity index (χ4n) is 2.48. The normalized spacial score (nSPS) is 10.5. The number of anilines is 2. The first kappa shape index (κ1) is 18.3. The number of benzene rings is 2. The molecule has 2 N–H and O–H groups in total. The Labute approximate surface area is 157 Å². The molecule has 0 fully saturated rings. The number of nitrogens with one attached hydrogen (secondary N) is 2.